The molecule has 0 fully saturated rings. The molecule has 0 saturated carbocycles. The number of anilines is 5. The van der Waals surface area contributed by atoms with Gasteiger partial charge in [-0.1, -0.05) is 123 Å². The van der Waals surface area contributed by atoms with Crippen molar-refractivity contribution in [1.29, 1.82) is 5.26 Å². The zero-order valence-electron chi connectivity index (χ0n) is 30.1. The van der Waals surface area contributed by atoms with Crippen molar-refractivity contribution in [3.8, 4) is 17.2 Å². The topological polar surface area (TPSA) is 43.2 Å². The summed E-state index contributed by atoms with van der Waals surface area (Å²) in [6.07, 6.45) is 3.82. The number of fused-ring (bicyclic) bond motifs is 1. The van der Waals surface area contributed by atoms with Crippen LogP contribution in [0.4, 0.5) is 28.4 Å². The first kappa shape index (κ1) is 31.7. The molecule has 4 heteroatoms. The van der Waals surface area contributed by atoms with Gasteiger partial charge in [0, 0.05) is 56.8 Å². The molecule has 2 heterocycles. The van der Waals surface area contributed by atoms with Crippen LogP contribution >= 0.6 is 0 Å². The zero-order chi connectivity index (χ0) is 36.4. The van der Waals surface area contributed by atoms with E-state index in [-0.39, 0.29) is 11.5 Å². The molecular weight excluding hydrogens is 657 g/mol. The molecule has 1 aromatic heterocycles. The lowest BCUT2D eigenvalue weighted by molar-refractivity contribution is 0.449. The fourth-order valence-electron chi connectivity index (χ4n) is 9.00. The van der Waals surface area contributed by atoms with Crippen LogP contribution in [0, 0.1) is 11.3 Å². The Balaban J connectivity index is 1.25. The SMILES string of the molecule is CC1(C)c2cccc(-c3cccnc3)c2N(c2ccc3ccc4c(N(c5ccccc5)c5ccc(C#N)cc5)ccc5ccc2c3c54)C1c1ccccc1. The quantitative estimate of drug-likeness (QED) is 0.163. The molecule has 54 heavy (non-hydrogen) atoms. The lowest BCUT2D eigenvalue weighted by Crippen LogP contribution is -2.31. The Kier molecular flexibility index (Phi) is 7.25. The van der Waals surface area contributed by atoms with Gasteiger partial charge in [-0.05, 0) is 87.3 Å². The van der Waals surface area contributed by atoms with E-state index in [1.807, 2.05) is 48.8 Å². The standard InChI is InChI=1S/C50H36N4/c1-50(2)43-17-9-16-40(37-13-10-30-52-32-37)48(43)54(49(50)36-11-5-3-6-12-36)45-29-23-35-20-26-41-44(28-22-34-21-27-42(45)47(35)46(34)41)53(38-14-7-4-8-15-38)39-24-18-33(31-51)19-25-39/h3-30,32,49H,1-2H3. The molecule has 1 atom stereocenters. The van der Waals surface area contributed by atoms with E-state index in [0.717, 1.165) is 22.6 Å². The molecular formula is C50H36N4. The Bertz CT molecular complexity index is 2860. The predicted molar refractivity (Wildman–Crippen MR) is 224 cm³/mol. The highest BCUT2D eigenvalue weighted by atomic mass is 15.2. The molecule has 0 bridgehead atoms. The van der Waals surface area contributed by atoms with Gasteiger partial charge in [-0.25, -0.2) is 0 Å². The maximum atomic E-state index is 9.57. The molecule has 1 unspecified atom stereocenters. The Morgan fingerprint density at radius 1 is 0.630 bits per heavy atom. The van der Waals surface area contributed by atoms with Crippen LogP contribution in [-0.2, 0) is 5.41 Å². The Hall–Kier alpha value is -6.96. The molecule has 8 aromatic carbocycles. The van der Waals surface area contributed by atoms with Crippen molar-refractivity contribution in [2.75, 3.05) is 9.80 Å². The summed E-state index contributed by atoms with van der Waals surface area (Å²) in [5, 5.41) is 16.9. The van der Waals surface area contributed by atoms with E-state index in [4.69, 9.17) is 0 Å². The average molecular weight is 693 g/mol. The molecule has 0 spiro atoms. The molecule has 0 aliphatic carbocycles. The van der Waals surface area contributed by atoms with Gasteiger partial charge in [0.2, 0.25) is 0 Å². The van der Waals surface area contributed by atoms with Gasteiger partial charge in [-0.15, -0.1) is 0 Å². The highest BCUT2D eigenvalue weighted by molar-refractivity contribution is 6.28. The molecule has 1 aliphatic heterocycles. The van der Waals surface area contributed by atoms with Gasteiger partial charge < -0.3 is 9.80 Å². The normalized spacial score (nSPS) is 14.8. The maximum absolute atomic E-state index is 9.57. The summed E-state index contributed by atoms with van der Waals surface area (Å²) in [5.41, 5.74) is 10.9. The number of para-hydroxylation sites is 2. The summed E-state index contributed by atoms with van der Waals surface area (Å²) < 4.78 is 0. The number of nitriles is 1. The third-order valence-corrected chi connectivity index (χ3v) is 11.4. The Labute approximate surface area is 315 Å². The summed E-state index contributed by atoms with van der Waals surface area (Å²) in [5.74, 6) is 0. The highest BCUT2D eigenvalue weighted by Gasteiger charge is 2.47. The molecule has 256 valence electrons. The van der Waals surface area contributed by atoms with Crippen LogP contribution in [0.3, 0.4) is 0 Å². The summed E-state index contributed by atoms with van der Waals surface area (Å²) in [7, 11) is 0. The molecule has 9 aromatic rings. The first-order valence-corrected chi connectivity index (χ1v) is 18.5. The van der Waals surface area contributed by atoms with Gasteiger partial charge in [0.1, 0.15) is 0 Å². The predicted octanol–water partition coefficient (Wildman–Crippen LogP) is 13.2. The van der Waals surface area contributed by atoms with Gasteiger partial charge in [-0.3, -0.25) is 4.98 Å². The summed E-state index contributed by atoms with van der Waals surface area (Å²) in [6.45, 7) is 4.78. The second-order valence-corrected chi connectivity index (χ2v) is 14.8. The molecule has 0 amide bonds. The van der Waals surface area contributed by atoms with Crippen LogP contribution in [-0.4, -0.2) is 4.98 Å². The largest absolute Gasteiger partial charge is 0.332 e. The molecule has 0 saturated heterocycles. The van der Waals surface area contributed by atoms with Gasteiger partial charge in [0.05, 0.1) is 29.0 Å². The smallest absolute Gasteiger partial charge is 0.0991 e. The highest BCUT2D eigenvalue weighted by Crippen LogP contribution is 2.60. The van der Waals surface area contributed by atoms with Crippen molar-refractivity contribution in [2.24, 2.45) is 0 Å². The molecule has 10 rings (SSSR count). The third kappa shape index (κ3) is 4.79. The number of benzene rings is 8. The maximum Gasteiger partial charge on any atom is 0.0991 e. The lowest BCUT2D eigenvalue weighted by atomic mass is 9.77. The summed E-state index contributed by atoms with van der Waals surface area (Å²) >= 11 is 0. The first-order valence-electron chi connectivity index (χ1n) is 18.5. The van der Waals surface area contributed by atoms with Gasteiger partial charge in [0.25, 0.3) is 0 Å². The minimum atomic E-state index is -0.205. The minimum absolute atomic E-state index is 0.0468. The van der Waals surface area contributed by atoms with Gasteiger partial charge in [-0.2, -0.15) is 5.26 Å². The van der Waals surface area contributed by atoms with Crippen molar-refractivity contribution in [1.82, 2.24) is 4.98 Å². The van der Waals surface area contributed by atoms with E-state index in [9.17, 15) is 5.26 Å². The van der Waals surface area contributed by atoms with E-state index in [1.165, 1.54) is 60.4 Å². The van der Waals surface area contributed by atoms with Crippen molar-refractivity contribution in [2.45, 2.75) is 25.3 Å². The van der Waals surface area contributed by atoms with E-state index in [0.29, 0.717) is 5.56 Å². The van der Waals surface area contributed by atoms with E-state index < -0.39 is 0 Å². The van der Waals surface area contributed by atoms with Crippen LogP contribution in [0.25, 0.3) is 43.4 Å². The van der Waals surface area contributed by atoms with E-state index >= 15 is 0 Å². The van der Waals surface area contributed by atoms with Crippen molar-refractivity contribution < 1.29 is 0 Å². The number of rotatable bonds is 6. The van der Waals surface area contributed by atoms with Crippen LogP contribution in [0.5, 0.6) is 0 Å². The second-order valence-electron chi connectivity index (χ2n) is 14.8. The lowest BCUT2D eigenvalue weighted by Gasteiger charge is -2.36. The van der Waals surface area contributed by atoms with Crippen LogP contribution in [0.15, 0.2) is 176 Å². The third-order valence-electron chi connectivity index (χ3n) is 11.4. The van der Waals surface area contributed by atoms with E-state index in [1.54, 1.807) is 0 Å². The van der Waals surface area contributed by atoms with Gasteiger partial charge >= 0.3 is 0 Å². The van der Waals surface area contributed by atoms with Crippen molar-refractivity contribution in [3.05, 3.63) is 193 Å². The van der Waals surface area contributed by atoms with Crippen molar-refractivity contribution in [3.63, 3.8) is 0 Å². The minimum Gasteiger partial charge on any atom is -0.332 e. The van der Waals surface area contributed by atoms with Crippen LogP contribution in [0.2, 0.25) is 0 Å². The fourth-order valence-corrected chi connectivity index (χ4v) is 9.00. The number of hydrogen-bond donors (Lipinski definition) is 0. The zero-order valence-corrected chi connectivity index (χ0v) is 30.1. The molecule has 1 aliphatic rings. The second kappa shape index (κ2) is 12.3. The summed E-state index contributed by atoms with van der Waals surface area (Å²) in [6, 6.07) is 60.9. The Morgan fingerprint density at radius 3 is 2.02 bits per heavy atom. The van der Waals surface area contributed by atoms with E-state index in [2.05, 4.69) is 162 Å². The van der Waals surface area contributed by atoms with Crippen LogP contribution in [0.1, 0.15) is 36.6 Å². The monoisotopic (exact) mass is 692 g/mol. The first-order chi connectivity index (χ1) is 26.5. The fraction of sp³-hybridized carbons (Fsp3) is 0.0800. The summed E-state index contributed by atoms with van der Waals surface area (Å²) in [4.78, 5) is 9.46. The average Bonchev–Trinajstić information content (AvgIpc) is 3.47. The van der Waals surface area contributed by atoms with Crippen LogP contribution < -0.4 is 9.80 Å². The van der Waals surface area contributed by atoms with Crippen molar-refractivity contribution >= 4 is 60.8 Å². The van der Waals surface area contributed by atoms with Gasteiger partial charge in [0.15, 0.2) is 0 Å². The molecule has 4 nitrogen and oxygen atoms in total. The number of nitrogens with zero attached hydrogens (tertiary/aromatic N) is 4. The molecule has 0 N–H and O–H groups in total. The number of pyridine rings is 1. The number of aromatic nitrogens is 1. The number of hydrogen-bond acceptors (Lipinski definition) is 4. The Morgan fingerprint density at radius 2 is 1.30 bits per heavy atom. The molecule has 0 radical (unpaired) electrons.